The monoisotopic (exact) mass is 404 g/mol. The average molecular weight is 405 g/mol. The van der Waals surface area contributed by atoms with Gasteiger partial charge in [-0.3, -0.25) is 4.79 Å². The molecule has 0 bridgehead atoms. The zero-order chi connectivity index (χ0) is 17.9. The Bertz CT molecular complexity index is 808. The minimum atomic E-state index is -0.646. The van der Waals surface area contributed by atoms with E-state index in [1.807, 2.05) is 0 Å². The highest BCUT2D eigenvalue weighted by Gasteiger charge is 2.28. The van der Waals surface area contributed by atoms with E-state index in [-0.39, 0.29) is 18.3 Å². The van der Waals surface area contributed by atoms with E-state index in [2.05, 4.69) is 41.0 Å². The van der Waals surface area contributed by atoms with Crippen molar-refractivity contribution in [3.63, 3.8) is 0 Å². The van der Waals surface area contributed by atoms with Crippen molar-refractivity contribution >= 4 is 35.3 Å². The number of rotatable bonds is 4. The Morgan fingerprint density at radius 3 is 2.44 bits per heavy atom. The van der Waals surface area contributed by atoms with Crippen molar-refractivity contribution in [1.29, 1.82) is 0 Å². The maximum Gasteiger partial charge on any atom is 0.306 e. The van der Waals surface area contributed by atoms with Gasteiger partial charge in [0, 0.05) is 23.4 Å². The average Bonchev–Trinajstić information content (AvgIpc) is 3.19. The molecule has 1 fully saturated rings. The van der Waals surface area contributed by atoms with Gasteiger partial charge in [-0.2, -0.15) is 0 Å². The molecule has 0 atom stereocenters. The number of nitrogens with zero attached hydrogens (tertiary/aromatic N) is 1. The highest BCUT2D eigenvalue weighted by Crippen LogP contribution is 2.38. The third-order valence-electron chi connectivity index (χ3n) is 5.56. The third kappa shape index (κ3) is 4.60. The highest BCUT2D eigenvalue weighted by molar-refractivity contribution is 7.10. The predicted octanol–water partition coefficient (Wildman–Crippen LogP) is 4.97. The first-order valence-corrected chi connectivity index (χ1v) is 10.3. The van der Waals surface area contributed by atoms with Gasteiger partial charge in [0.15, 0.2) is 0 Å². The Morgan fingerprint density at radius 1 is 1.11 bits per heavy atom. The fourth-order valence-corrected chi connectivity index (χ4v) is 4.94. The normalized spacial score (nSPS) is 22.6. The van der Waals surface area contributed by atoms with Gasteiger partial charge in [-0.25, -0.2) is 4.98 Å². The van der Waals surface area contributed by atoms with Crippen LogP contribution in [0.15, 0.2) is 35.7 Å². The lowest BCUT2D eigenvalue weighted by atomic mass is 9.82. The minimum Gasteiger partial charge on any atom is -0.481 e. The van der Waals surface area contributed by atoms with E-state index >= 15 is 0 Å². The van der Waals surface area contributed by atoms with Crippen LogP contribution in [0, 0.1) is 5.92 Å². The molecule has 144 valence electrons. The fraction of sp³-hybridized carbons (Fsp3) is 0.429. The molecule has 6 heteroatoms. The van der Waals surface area contributed by atoms with Gasteiger partial charge in [-0.15, -0.1) is 23.7 Å². The molecule has 1 aromatic heterocycles. The molecule has 4 rings (SSSR count). The Balaban J connectivity index is 0.00000210. The van der Waals surface area contributed by atoms with Crippen LogP contribution < -0.4 is 5.32 Å². The molecule has 1 aliphatic heterocycles. The molecular formula is C21H25ClN2O2S. The number of nitrogens with one attached hydrogen (secondary N) is 1. The smallest absolute Gasteiger partial charge is 0.306 e. The fourth-order valence-electron chi connectivity index (χ4n) is 3.93. The molecular weight excluding hydrogens is 380 g/mol. The summed E-state index contributed by atoms with van der Waals surface area (Å²) in [4.78, 5) is 16.0. The molecule has 2 heterocycles. The Labute approximate surface area is 170 Å². The molecule has 0 saturated heterocycles. The van der Waals surface area contributed by atoms with Crippen molar-refractivity contribution in [2.75, 3.05) is 13.1 Å². The van der Waals surface area contributed by atoms with Crippen molar-refractivity contribution in [2.24, 2.45) is 5.92 Å². The van der Waals surface area contributed by atoms with Crippen molar-refractivity contribution in [2.45, 2.75) is 38.0 Å². The van der Waals surface area contributed by atoms with Gasteiger partial charge in [-0.05, 0) is 49.8 Å². The Kier molecular flexibility index (Phi) is 6.68. The quantitative estimate of drug-likeness (QED) is 0.755. The van der Waals surface area contributed by atoms with Crippen LogP contribution >= 0.6 is 23.7 Å². The lowest BCUT2D eigenvalue weighted by Gasteiger charge is -2.24. The van der Waals surface area contributed by atoms with E-state index < -0.39 is 5.97 Å². The van der Waals surface area contributed by atoms with E-state index in [1.54, 1.807) is 11.3 Å². The van der Waals surface area contributed by atoms with Crippen LogP contribution in [0.3, 0.4) is 0 Å². The molecule has 1 aromatic carbocycles. The summed E-state index contributed by atoms with van der Waals surface area (Å²) >= 11 is 1.71. The summed E-state index contributed by atoms with van der Waals surface area (Å²) in [6.45, 7) is 2.00. The first kappa shape index (κ1) is 20.1. The van der Waals surface area contributed by atoms with E-state index in [0.717, 1.165) is 61.5 Å². The van der Waals surface area contributed by atoms with Gasteiger partial charge in [0.25, 0.3) is 0 Å². The summed E-state index contributed by atoms with van der Waals surface area (Å²) in [6.07, 6.45) is 6.77. The predicted molar refractivity (Wildman–Crippen MR) is 113 cm³/mol. The molecule has 0 spiro atoms. The standard InChI is InChI=1S/C21H24N2O2S.ClH/c24-21(25)18-7-5-17(6-8-18)20-23-19(13-26-20)16-3-1-14(2-4-16)15-9-11-22-12-10-15;/h1-4,9,13,17-18,22H,5-8,10-12H2,(H,24,25);1H. The zero-order valence-electron chi connectivity index (χ0n) is 15.2. The van der Waals surface area contributed by atoms with E-state index in [1.165, 1.54) is 11.1 Å². The van der Waals surface area contributed by atoms with Gasteiger partial charge in [0.1, 0.15) is 0 Å². The van der Waals surface area contributed by atoms with Crippen LogP contribution in [0.25, 0.3) is 16.8 Å². The summed E-state index contributed by atoms with van der Waals surface area (Å²) in [5.41, 5.74) is 4.92. The summed E-state index contributed by atoms with van der Waals surface area (Å²) in [7, 11) is 0. The number of aliphatic carboxylic acids is 1. The second kappa shape index (κ2) is 9.00. The maximum atomic E-state index is 11.1. The molecule has 4 nitrogen and oxygen atoms in total. The van der Waals surface area contributed by atoms with Crippen LogP contribution in [0.1, 0.15) is 48.6 Å². The second-order valence-corrected chi connectivity index (χ2v) is 8.11. The number of aromatic nitrogens is 1. The van der Waals surface area contributed by atoms with Crippen LogP contribution in [0.4, 0.5) is 0 Å². The van der Waals surface area contributed by atoms with Crippen LogP contribution in [0.5, 0.6) is 0 Å². The zero-order valence-corrected chi connectivity index (χ0v) is 16.8. The second-order valence-electron chi connectivity index (χ2n) is 7.22. The molecule has 2 N–H and O–H groups in total. The van der Waals surface area contributed by atoms with Crippen molar-refractivity contribution in [1.82, 2.24) is 10.3 Å². The topological polar surface area (TPSA) is 62.2 Å². The van der Waals surface area contributed by atoms with Gasteiger partial charge < -0.3 is 10.4 Å². The number of carboxylic acids is 1. The number of thiazole rings is 1. The highest BCUT2D eigenvalue weighted by atomic mass is 35.5. The number of carbonyl (C=O) groups is 1. The van der Waals surface area contributed by atoms with Crippen molar-refractivity contribution < 1.29 is 9.90 Å². The number of halogens is 1. The number of carboxylic acid groups (broad SMARTS) is 1. The first-order chi connectivity index (χ1) is 12.7. The summed E-state index contributed by atoms with van der Waals surface area (Å²) in [5.74, 6) is -0.390. The molecule has 27 heavy (non-hydrogen) atoms. The lowest BCUT2D eigenvalue weighted by molar-refractivity contribution is -0.142. The summed E-state index contributed by atoms with van der Waals surface area (Å²) < 4.78 is 0. The number of benzene rings is 1. The number of hydrogen-bond donors (Lipinski definition) is 2. The SMILES string of the molecule is Cl.O=C(O)C1CCC(c2nc(-c3ccc(C4=CCNCC4)cc3)cs2)CC1. The van der Waals surface area contributed by atoms with Gasteiger partial charge in [0.05, 0.1) is 16.6 Å². The Hall–Kier alpha value is -1.69. The first-order valence-electron chi connectivity index (χ1n) is 9.39. The van der Waals surface area contributed by atoms with Crippen LogP contribution in [-0.4, -0.2) is 29.1 Å². The van der Waals surface area contributed by atoms with Gasteiger partial charge in [0.2, 0.25) is 0 Å². The molecule has 1 aliphatic carbocycles. The van der Waals surface area contributed by atoms with Gasteiger partial charge >= 0.3 is 5.97 Å². The Morgan fingerprint density at radius 2 is 1.81 bits per heavy atom. The largest absolute Gasteiger partial charge is 0.481 e. The molecule has 2 aromatic rings. The van der Waals surface area contributed by atoms with Crippen molar-refractivity contribution in [3.05, 3.63) is 46.3 Å². The summed E-state index contributed by atoms with van der Waals surface area (Å²) in [5, 5.41) is 15.8. The van der Waals surface area contributed by atoms with Crippen LogP contribution in [0.2, 0.25) is 0 Å². The van der Waals surface area contributed by atoms with E-state index in [4.69, 9.17) is 10.1 Å². The molecule has 1 saturated carbocycles. The van der Waals surface area contributed by atoms with E-state index in [0.29, 0.717) is 5.92 Å². The van der Waals surface area contributed by atoms with Crippen LogP contribution in [-0.2, 0) is 4.79 Å². The molecule has 0 radical (unpaired) electrons. The maximum absolute atomic E-state index is 11.1. The van der Waals surface area contributed by atoms with Crippen molar-refractivity contribution in [3.8, 4) is 11.3 Å². The third-order valence-corrected chi connectivity index (χ3v) is 6.57. The summed E-state index contributed by atoms with van der Waals surface area (Å²) in [6, 6.07) is 8.73. The lowest BCUT2D eigenvalue weighted by Crippen LogP contribution is -2.20. The minimum absolute atomic E-state index is 0. The van der Waals surface area contributed by atoms with Gasteiger partial charge in [-0.1, -0.05) is 30.3 Å². The molecule has 0 amide bonds. The number of hydrogen-bond acceptors (Lipinski definition) is 4. The molecule has 2 aliphatic rings. The molecule has 0 unspecified atom stereocenters. The van der Waals surface area contributed by atoms with E-state index in [9.17, 15) is 4.79 Å².